The molecular weight excluding hydrogens is 381 g/mol. The number of rotatable bonds is 3. The van der Waals surface area contributed by atoms with Gasteiger partial charge in [-0.25, -0.2) is 18.4 Å². The minimum absolute atomic E-state index is 0.00784. The normalized spacial score (nSPS) is 12.3. The fourth-order valence-corrected chi connectivity index (χ4v) is 3.77. The number of nitrogens with zero attached hydrogens (tertiary/aromatic N) is 4. The molecule has 2 aromatic heterocycles. The molecule has 0 saturated heterocycles. The summed E-state index contributed by atoms with van der Waals surface area (Å²) in [6.07, 6.45) is -3.86. The Bertz CT molecular complexity index is 1190. The monoisotopic (exact) mass is 394 g/mol. The lowest BCUT2D eigenvalue weighted by Gasteiger charge is -2.10. The van der Waals surface area contributed by atoms with Gasteiger partial charge in [0.15, 0.2) is 15.5 Å². The fraction of sp³-hybridized carbons (Fsp3) is 0.235. The quantitative estimate of drug-likeness (QED) is 0.680. The van der Waals surface area contributed by atoms with E-state index >= 15 is 0 Å². The second-order valence-electron chi connectivity index (χ2n) is 5.79. The summed E-state index contributed by atoms with van der Waals surface area (Å²) in [5.74, 6) is -0.0525. The molecule has 2 heterocycles. The molecule has 0 saturated carbocycles. The molecule has 0 spiro atoms. The zero-order chi connectivity index (χ0) is 20.0. The molecule has 3 aromatic rings. The van der Waals surface area contributed by atoms with E-state index in [1.54, 1.807) is 0 Å². The highest BCUT2D eigenvalue weighted by Crippen LogP contribution is 2.33. The Morgan fingerprint density at radius 2 is 1.96 bits per heavy atom. The Labute approximate surface area is 152 Å². The van der Waals surface area contributed by atoms with Crippen molar-refractivity contribution in [3.05, 3.63) is 41.6 Å². The van der Waals surface area contributed by atoms with Crippen molar-refractivity contribution in [2.24, 2.45) is 7.05 Å². The van der Waals surface area contributed by atoms with E-state index in [1.807, 2.05) is 6.07 Å². The smallest absolute Gasteiger partial charge is 0.312 e. The zero-order valence-electron chi connectivity index (χ0n) is 14.2. The minimum Gasteiger partial charge on any atom is -0.312 e. The number of fused-ring (bicyclic) bond motifs is 1. The maximum absolute atomic E-state index is 12.9. The van der Waals surface area contributed by atoms with Gasteiger partial charge in [-0.15, -0.1) is 0 Å². The van der Waals surface area contributed by atoms with Gasteiger partial charge in [-0.2, -0.15) is 18.4 Å². The van der Waals surface area contributed by atoms with Gasteiger partial charge < -0.3 is 4.57 Å². The number of benzene rings is 1. The predicted molar refractivity (Wildman–Crippen MR) is 91.4 cm³/mol. The van der Waals surface area contributed by atoms with E-state index in [0.717, 1.165) is 6.07 Å². The average Bonchev–Trinajstić information content (AvgIpc) is 2.96. The third-order valence-corrected chi connectivity index (χ3v) is 5.87. The number of alkyl halides is 3. The number of halogens is 3. The molecule has 0 bridgehead atoms. The summed E-state index contributed by atoms with van der Waals surface area (Å²) in [5.41, 5.74) is -0.415. The van der Waals surface area contributed by atoms with E-state index in [4.69, 9.17) is 5.26 Å². The van der Waals surface area contributed by atoms with E-state index in [2.05, 4.69) is 9.97 Å². The van der Waals surface area contributed by atoms with Crippen LogP contribution in [0.1, 0.15) is 18.1 Å². The van der Waals surface area contributed by atoms with Crippen molar-refractivity contribution in [3.8, 4) is 17.5 Å². The van der Waals surface area contributed by atoms with Crippen LogP contribution < -0.4 is 0 Å². The molecule has 0 aliphatic rings. The fourth-order valence-electron chi connectivity index (χ4n) is 2.66. The van der Waals surface area contributed by atoms with E-state index in [1.165, 1.54) is 36.7 Å². The van der Waals surface area contributed by atoms with Crippen LogP contribution in [0, 0.1) is 11.3 Å². The van der Waals surface area contributed by atoms with Crippen molar-refractivity contribution in [1.29, 1.82) is 5.26 Å². The number of hydrogen-bond acceptors (Lipinski definition) is 5. The van der Waals surface area contributed by atoms with Crippen LogP contribution in [0.5, 0.6) is 0 Å². The molecule has 6 nitrogen and oxygen atoms in total. The number of sulfone groups is 1. The highest BCUT2D eigenvalue weighted by atomic mass is 32.2. The Balaban J connectivity index is 2.30. The highest BCUT2D eigenvalue weighted by Gasteiger charge is 2.32. The van der Waals surface area contributed by atoms with Crippen LogP contribution >= 0.6 is 0 Å². The minimum atomic E-state index is -4.57. The van der Waals surface area contributed by atoms with Gasteiger partial charge in [0, 0.05) is 18.8 Å². The first kappa shape index (κ1) is 18.8. The van der Waals surface area contributed by atoms with E-state index in [9.17, 15) is 21.6 Å². The van der Waals surface area contributed by atoms with Crippen molar-refractivity contribution >= 4 is 21.0 Å². The molecule has 140 valence electrons. The van der Waals surface area contributed by atoms with Gasteiger partial charge in [0.1, 0.15) is 11.3 Å². The lowest BCUT2D eigenvalue weighted by molar-refractivity contribution is -0.137. The summed E-state index contributed by atoms with van der Waals surface area (Å²) in [7, 11) is -2.17. The largest absolute Gasteiger partial charge is 0.417 e. The summed E-state index contributed by atoms with van der Waals surface area (Å²) in [6, 6.07) is 6.83. The molecule has 10 heteroatoms. The number of hydrogen-bond donors (Lipinski definition) is 0. The zero-order valence-corrected chi connectivity index (χ0v) is 15.1. The number of aromatic nitrogens is 3. The van der Waals surface area contributed by atoms with Gasteiger partial charge in [0.05, 0.1) is 27.8 Å². The Hall–Kier alpha value is -2.93. The highest BCUT2D eigenvalue weighted by molar-refractivity contribution is 7.91. The molecule has 3 rings (SSSR count). The molecule has 0 radical (unpaired) electrons. The molecule has 0 amide bonds. The third-order valence-electron chi connectivity index (χ3n) is 4.10. The first-order valence-electron chi connectivity index (χ1n) is 7.75. The first-order chi connectivity index (χ1) is 12.6. The van der Waals surface area contributed by atoms with Crippen molar-refractivity contribution < 1.29 is 21.6 Å². The Morgan fingerprint density at radius 1 is 1.26 bits per heavy atom. The molecule has 27 heavy (non-hydrogen) atoms. The molecular formula is C17H13F3N4O2S. The molecule has 0 N–H and O–H groups in total. The van der Waals surface area contributed by atoms with Gasteiger partial charge in [-0.1, -0.05) is 6.92 Å². The maximum atomic E-state index is 12.9. The van der Waals surface area contributed by atoms with Crippen molar-refractivity contribution in [2.75, 3.05) is 5.75 Å². The molecule has 0 atom stereocenters. The van der Waals surface area contributed by atoms with Crippen LogP contribution in [0.3, 0.4) is 0 Å². The summed E-state index contributed by atoms with van der Waals surface area (Å²) < 4.78 is 65.1. The topological polar surface area (TPSA) is 88.6 Å². The van der Waals surface area contributed by atoms with Crippen LogP contribution in [0.25, 0.3) is 22.6 Å². The standard InChI is InChI=1S/C17H13F3N4O2S/c1-3-27(25,26)14-6-10(8-21)4-5-12(14)15-23-13-7-11(17(18,19)20)9-22-16(13)24(15)2/h4-7,9H,3H2,1-2H3. The van der Waals surface area contributed by atoms with Crippen LogP contribution in [0.15, 0.2) is 35.4 Å². The van der Waals surface area contributed by atoms with Crippen LogP contribution in [0.4, 0.5) is 13.2 Å². The van der Waals surface area contributed by atoms with Gasteiger partial charge >= 0.3 is 6.18 Å². The summed E-state index contributed by atoms with van der Waals surface area (Å²) >= 11 is 0. The summed E-state index contributed by atoms with van der Waals surface area (Å²) in [6.45, 7) is 1.46. The first-order valence-corrected chi connectivity index (χ1v) is 9.40. The van der Waals surface area contributed by atoms with E-state index < -0.39 is 21.6 Å². The summed E-state index contributed by atoms with van der Waals surface area (Å²) in [4.78, 5) is 7.89. The third kappa shape index (κ3) is 3.26. The molecule has 1 aromatic carbocycles. The van der Waals surface area contributed by atoms with Gasteiger partial charge in [-0.3, -0.25) is 0 Å². The van der Waals surface area contributed by atoms with Crippen LogP contribution in [-0.4, -0.2) is 28.7 Å². The molecule has 0 aliphatic carbocycles. The molecule has 0 fully saturated rings. The van der Waals surface area contributed by atoms with E-state index in [-0.39, 0.29) is 38.8 Å². The summed E-state index contributed by atoms with van der Waals surface area (Å²) in [5, 5.41) is 9.06. The van der Waals surface area contributed by atoms with Gasteiger partial charge in [-0.05, 0) is 24.3 Å². The Morgan fingerprint density at radius 3 is 2.56 bits per heavy atom. The number of pyridine rings is 1. The van der Waals surface area contributed by atoms with Crippen molar-refractivity contribution in [2.45, 2.75) is 18.0 Å². The van der Waals surface area contributed by atoms with Crippen LogP contribution in [-0.2, 0) is 23.1 Å². The SMILES string of the molecule is CCS(=O)(=O)c1cc(C#N)ccc1-c1nc2cc(C(F)(F)F)cnc2n1C. The lowest BCUT2D eigenvalue weighted by atomic mass is 10.1. The van der Waals surface area contributed by atoms with Crippen molar-refractivity contribution in [1.82, 2.24) is 14.5 Å². The molecule has 0 unspecified atom stereocenters. The number of nitriles is 1. The van der Waals surface area contributed by atoms with Gasteiger partial charge in [0.25, 0.3) is 0 Å². The van der Waals surface area contributed by atoms with E-state index in [0.29, 0.717) is 6.20 Å². The number of aryl methyl sites for hydroxylation is 1. The second-order valence-corrected chi connectivity index (χ2v) is 8.03. The average molecular weight is 394 g/mol. The number of imidazole rings is 1. The second kappa shape index (κ2) is 6.35. The Kier molecular flexibility index (Phi) is 4.43. The van der Waals surface area contributed by atoms with Gasteiger partial charge in [0.2, 0.25) is 0 Å². The van der Waals surface area contributed by atoms with Crippen molar-refractivity contribution in [3.63, 3.8) is 0 Å². The lowest BCUT2D eigenvalue weighted by Crippen LogP contribution is -2.08. The van der Waals surface area contributed by atoms with Crippen LogP contribution in [0.2, 0.25) is 0 Å². The predicted octanol–water partition coefficient (Wildman–Crippen LogP) is 3.32. The molecule has 0 aliphatic heterocycles. The maximum Gasteiger partial charge on any atom is 0.417 e.